The minimum Gasteiger partial charge on any atom is -0.394 e. The lowest BCUT2D eigenvalue weighted by Gasteiger charge is -2.39. The van der Waals surface area contributed by atoms with Crippen LogP contribution in [0.5, 0.6) is 0 Å². The van der Waals surface area contributed by atoms with Gasteiger partial charge in [-0.3, -0.25) is 14.5 Å². The van der Waals surface area contributed by atoms with Crippen LogP contribution in [0.1, 0.15) is 12.8 Å². The van der Waals surface area contributed by atoms with Crippen LogP contribution in [0.25, 0.3) is 0 Å². The predicted octanol–water partition coefficient (Wildman–Crippen LogP) is -2.64. The van der Waals surface area contributed by atoms with E-state index in [1.54, 1.807) is 0 Å². The third-order valence-corrected chi connectivity index (χ3v) is 5.79. The maximum absolute atomic E-state index is 12.1. The summed E-state index contributed by atoms with van der Waals surface area (Å²) >= 11 is 1.83. The highest BCUT2D eigenvalue weighted by atomic mass is 131. The van der Waals surface area contributed by atoms with Crippen LogP contribution in [0, 0.1) is 0 Å². The summed E-state index contributed by atoms with van der Waals surface area (Å²) in [4.78, 5) is 24.9. The van der Waals surface area contributed by atoms with Crippen LogP contribution in [0.4, 0.5) is 0 Å². The number of nitrogens with zero attached hydrogens (tertiary/aromatic N) is 1. The van der Waals surface area contributed by atoms with Gasteiger partial charge in [-0.1, -0.05) is 0 Å². The Balaban J connectivity index is 1.58. The number of hydrogen-bond donors (Lipinski definition) is 5. The van der Waals surface area contributed by atoms with Gasteiger partial charge in [-0.2, -0.15) is 0 Å². The Hall–Kier alpha value is -0.710. The standard InChI is InChI=1S/C16H22INO10/c17-6-3-18(11(22)1-7(6)20)12-2-8(21)10(27-12)5-26-16-15(25)14(24)13(23)9(4-19)28-16/h3,8-10,12-16,19,21,23-25H,1-2,4-5H2/t8-,9-,10-,12-,13+,14+,15-,16-/m1/s1/i17+4. The van der Waals surface area contributed by atoms with E-state index in [-0.39, 0.29) is 25.2 Å². The lowest BCUT2D eigenvalue weighted by atomic mass is 9.99. The summed E-state index contributed by atoms with van der Waals surface area (Å²) in [6.07, 6.45) is -8.49. The molecule has 0 aliphatic carbocycles. The number of halogens is 1. The quantitative estimate of drug-likeness (QED) is 0.191. The Bertz CT molecular complexity index is 643. The summed E-state index contributed by atoms with van der Waals surface area (Å²) in [6, 6.07) is 0. The van der Waals surface area contributed by atoms with Gasteiger partial charge in [-0.05, 0) is 22.6 Å². The lowest BCUT2D eigenvalue weighted by Crippen LogP contribution is -2.59. The summed E-state index contributed by atoms with van der Waals surface area (Å²) in [6.45, 7) is -0.821. The van der Waals surface area contributed by atoms with Crippen LogP contribution >= 0.6 is 22.6 Å². The average molecular weight is 519 g/mol. The number of aliphatic hydroxyl groups is 5. The number of carbonyl (C=O) groups excluding carboxylic acids is 2. The van der Waals surface area contributed by atoms with Crippen molar-refractivity contribution in [3.63, 3.8) is 0 Å². The van der Waals surface area contributed by atoms with Gasteiger partial charge in [0.1, 0.15) is 36.7 Å². The molecule has 0 unspecified atom stereocenters. The molecule has 0 aromatic rings. The van der Waals surface area contributed by atoms with E-state index in [0.29, 0.717) is 3.58 Å². The molecule has 11 nitrogen and oxygen atoms in total. The number of amides is 1. The van der Waals surface area contributed by atoms with E-state index in [4.69, 9.17) is 14.2 Å². The molecule has 0 aromatic carbocycles. The third-order valence-electron chi connectivity index (χ3n) is 4.91. The van der Waals surface area contributed by atoms with Crippen molar-refractivity contribution in [2.45, 2.75) is 62.0 Å². The van der Waals surface area contributed by atoms with E-state index in [9.17, 15) is 35.1 Å². The van der Waals surface area contributed by atoms with Crippen LogP contribution in [-0.2, 0) is 23.8 Å². The van der Waals surface area contributed by atoms with E-state index < -0.39 is 61.7 Å². The molecule has 0 saturated carbocycles. The molecule has 5 N–H and O–H groups in total. The van der Waals surface area contributed by atoms with Gasteiger partial charge in [0.25, 0.3) is 0 Å². The van der Waals surface area contributed by atoms with Gasteiger partial charge < -0.3 is 39.7 Å². The topological polar surface area (TPSA) is 166 Å². The Labute approximate surface area is 173 Å². The van der Waals surface area contributed by atoms with Crippen molar-refractivity contribution in [3.05, 3.63) is 9.78 Å². The van der Waals surface area contributed by atoms with Crippen LogP contribution in [-0.4, -0.2) is 104 Å². The predicted molar refractivity (Wildman–Crippen MR) is 97.6 cm³/mol. The number of ketones is 1. The largest absolute Gasteiger partial charge is 0.394 e. The molecule has 158 valence electrons. The summed E-state index contributed by atoms with van der Waals surface area (Å²) < 4.78 is 16.7. The number of ether oxygens (including phenoxy) is 3. The number of rotatable bonds is 5. The van der Waals surface area contributed by atoms with Gasteiger partial charge in [0, 0.05) is 12.6 Å². The highest BCUT2D eigenvalue weighted by Gasteiger charge is 2.45. The Morgan fingerprint density at radius 1 is 1.11 bits per heavy atom. The van der Waals surface area contributed by atoms with Gasteiger partial charge in [-0.15, -0.1) is 0 Å². The second-order valence-corrected chi connectivity index (χ2v) is 8.00. The molecule has 0 radical (unpaired) electrons. The monoisotopic (exact) mass is 519 g/mol. The van der Waals surface area contributed by atoms with Crippen molar-refractivity contribution in [2.24, 2.45) is 0 Å². The zero-order valence-electron chi connectivity index (χ0n) is 14.6. The zero-order chi connectivity index (χ0) is 20.6. The molecule has 3 aliphatic rings. The van der Waals surface area contributed by atoms with Crippen LogP contribution < -0.4 is 0 Å². The molecule has 2 fully saturated rings. The molecular formula is C16H22INO10. The first kappa shape index (κ1) is 22.0. The molecule has 3 rings (SSSR count). The summed E-state index contributed by atoms with van der Waals surface area (Å²) in [5, 5.41) is 48.9. The first-order chi connectivity index (χ1) is 13.2. The summed E-state index contributed by atoms with van der Waals surface area (Å²) in [5.41, 5.74) is 0. The van der Waals surface area contributed by atoms with Crippen molar-refractivity contribution >= 4 is 34.3 Å². The molecule has 28 heavy (non-hydrogen) atoms. The normalized spacial score (nSPS) is 42.1. The molecule has 1 amide bonds. The molecule has 3 aliphatic heterocycles. The maximum atomic E-state index is 12.1. The SMILES string of the molecule is O=C1CC(=O)N([C@H]2C[C@@H](O)[C@@H](CO[C@@H]3O[C@H](CO)[C@H](O)[C@H](O)[C@H]3O)O2)C=C1[131I]. The van der Waals surface area contributed by atoms with Gasteiger partial charge in [-0.25, -0.2) is 0 Å². The Kier molecular flexibility index (Phi) is 7.05. The van der Waals surface area contributed by atoms with Gasteiger partial charge in [0.15, 0.2) is 12.1 Å². The van der Waals surface area contributed by atoms with Crippen LogP contribution in [0.15, 0.2) is 9.78 Å². The molecule has 0 spiro atoms. The molecular weight excluding hydrogens is 497 g/mol. The minimum absolute atomic E-state index is 0.100. The molecule has 2 saturated heterocycles. The lowest BCUT2D eigenvalue weighted by molar-refractivity contribution is -0.306. The fourth-order valence-electron chi connectivity index (χ4n) is 3.25. The molecule has 12 heteroatoms. The average Bonchev–Trinajstić information content (AvgIpc) is 3.02. The van der Waals surface area contributed by atoms with Crippen molar-refractivity contribution < 1.29 is 49.3 Å². The highest BCUT2D eigenvalue weighted by Crippen LogP contribution is 2.29. The van der Waals surface area contributed by atoms with Gasteiger partial charge in [0.2, 0.25) is 5.91 Å². The first-order valence-corrected chi connectivity index (χ1v) is 9.78. The van der Waals surface area contributed by atoms with Crippen molar-refractivity contribution in [1.82, 2.24) is 4.90 Å². The van der Waals surface area contributed by atoms with E-state index in [2.05, 4.69) is 0 Å². The molecule has 0 bridgehead atoms. The van der Waals surface area contributed by atoms with Crippen molar-refractivity contribution in [1.29, 1.82) is 0 Å². The number of aliphatic hydroxyl groups excluding tert-OH is 5. The van der Waals surface area contributed by atoms with E-state index >= 15 is 0 Å². The molecule has 3 heterocycles. The number of hydrogen-bond acceptors (Lipinski definition) is 10. The van der Waals surface area contributed by atoms with E-state index in [1.807, 2.05) is 22.6 Å². The third kappa shape index (κ3) is 4.39. The van der Waals surface area contributed by atoms with Crippen LogP contribution in [0.3, 0.4) is 0 Å². The zero-order valence-corrected chi connectivity index (χ0v) is 16.8. The summed E-state index contributed by atoms with van der Waals surface area (Å²) in [5.74, 6) is -0.707. The van der Waals surface area contributed by atoms with Crippen molar-refractivity contribution in [2.75, 3.05) is 13.2 Å². The number of carbonyl (C=O) groups is 2. The number of allylic oxidation sites excluding steroid dienone is 1. The molecule has 8 atom stereocenters. The fraction of sp³-hybridized carbons (Fsp3) is 0.750. The molecule has 0 aromatic heterocycles. The van der Waals surface area contributed by atoms with E-state index in [0.717, 1.165) is 0 Å². The second-order valence-electron chi connectivity index (χ2n) is 6.84. The fourth-order valence-corrected chi connectivity index (χ4v) is 3.74. The van der Waals surface area contributed by atoms with Crippen molar-refractivity contribution in [3.8, 4) is 0 Å². The van der Waals surface area contributed by atoms with Gasteiger partial charge >= 0.3 is 0 Å². The Morgan fingerprint density at radius 3 is 2.50 bits per heavy atom. The Morgan fingerprint density at radius 2 is 1.82 bits per heavy atom. The summed E-state index contributed by atoms with van der Waals surface area (Å²) in [7, 11) is 0. The van der Waals surface area contributed by atoms with Gasteiger partial charge in [0.05, 0.1) is 29.3 Å². The van der Waals surface area contributed by atoms with E-state index in [1.165, 1.54) is 11.1 Å². The smallest absolute Gasteiger partial charge is 0.236 e. The number of Topliss-reactive ketones (excluding diaryl/α,β-unsaturated/α-hetero) is 1. The minimum atomic E-state index is -1.58. The maximum Gasteiger partial charge on any atom is 0.236 e. The first-order valence-electron chi connectivity index (χ1n) is 8.70. The second kappa shape index (κ2) is 8.97. The highest BCUT2D eigenvalue weighted by molar-refractivity contribution is 14.1. The van der Waals surface area contributed by atoms with Crippen LogP contribution in [0.2, 0.25) is 0 Å².